The molecule has 0 bridgehead atoms. The zero-order chi connectivity index (χ0) is 17.3. The molecule has 24 heavy (non-hydrogen) atoms. The van der Waals surface area contributed by atoms with Crippen LogP contribution in [-0.2, 0) is 13.5 Å². The van der Waals surface area contributed by atoms with Gasteiger partial charge in [-0.25, -0.2) is 4.98 Å². The van der Waals surface area contributed by atoms with E-state index in [4.69, 9.17) is 0 Å². The standard InChI is InChI=1S/C18H21N5O/c1-12-11-15(16-13(2)21-23(4)17(16)20-12)18(24)22(3)10-8-14-7-5-6-9-19-14/h5-7,9,11H,8,10H2,1-4H3. The first kappa shape index (κ1) is 16.1. The van der Waals surface area contributed by atoms with Gasteiger partial charge in [0.05, 0.1) is 16.6 Å². The highest BCUT2D eigenvalue weighted by Gasteiger charge is 2.20. The van der Waals surface area contributed by atoms with E-state index < -0.39 is 0 Å². The van der Waals surface area contributed by atoms with Crippen molar-refractivity contribution < 1.29 is 4.79 Å². The van der Waals surface area contributed by atoms with Crippen molar-refractivity contribution in [1.82, 2.24) is 24.6 Å². The van der Waals surface area contributed by atoms with E-state index in [0.717, 1.165) is 34.5 Å². The lowest BCUT2D eigenvalue weighted by Gasteiger charge is -2.18. The summed E-state index contributed by atoms with van der Waals surface area (Å²) in [6, 6.07) is 7.66. The first-order valence-corrected chi connectivity index (χ1v) is 7.93. The van der Waals surface area contributed by atoms with Gasteiger partial charge in [-0.3, -0.25) is 14.5 Å². The molecule has 124 valence electrons. The van der Waals surface area contributed by atoms with Gasteiger partial charge in [-0.1, -0.05) is 6.07 Å². The Bertz CT molecular complexity index is 885. The average Bonchev–Trinajstić information content (AvgIpc) is 2.86. The topological polar surface area (TPSA) is 63.9 Å². The molecule has 0 atom stereocenters. The van der Waals surface area contributed by atoms with Crippen LogP contribution < -0.4 is 0 Å². The number of hydrogen-bond donors (Lipinski definition) is 0. The Morgan fingerprint density at radius 1 is 1.29 bits per heavy atom. The Morgan fingerprint density at radius 3 is 2.79 bits per heavy atom. The summed E-state index contributed by atoms with van der Waals surface area (Å²) in [5.41, 5.74) is 4.01. The van der Waals surface area contributed by atoms with Gasteiger partial charge in [0.15, 0.2) is 5.65 Å². The van der Waals surface area contributed by atoms with Crippen molar-refractivity contribution in [3.05, 3.63) is 53.1 Å². The van der Waals surface area contributed by atoms with Gasteiger partial charge in [0.25, 0.3) is 5.91 Å². The molecule has 3 aromatic rings. The molecule has 0 aromatic carbocycles. The first-order valence-electron chi connectivity index (χ1n) is 7.93. The minimum absolute atomic E-state index is 0.0162. The lowest BCUT2D eigenvalue weighted by molar-refractivity contribution is 0.0798. The number of rotatable bonds is 4. The van der Waals surface area contributed by atoms with Gasteiger partial charge < -0.3 is 4.90 Å². The third-order valence-corrected chi connectivity index (χ3v) is 4.10. The second-order valence-corrected chi connectivity index (χ2v) is 6.02. The maximum atomic E-state index is 12.9. The van der Waals surface area contributed by atoms with Crippen molar-refractivity contribution in [2.24, 2.45) is 7.05 Å². The summed E-state index contributed by atoms with van der Waals surface area (Å²) in [6.45, 7) is 4.41. The van der Waals surface area contributed by atoms with Crippen molar-refractivity contribution in [2.75, 3.05) is 13.6 Å². The highest BCUT2D eigenvalue weighted by atomic mass is 16.2. The average molecular weight is 323 g/mol. The van der Waals surface area contributed by atoms with Gasteiger partial charge in [0.2, 0.25) is 0 Å². The van der Waals surface area contributed by atoms with E-state index in [-0.39, 0.29) is 5.91 Å². The lowest BCUT2D eigenvalue weighted by atomic mass is 10.1. The van der Waals surface area contributed by atoms with Crippen LogP contribution in [-0.4, -0.2) is 44.1 Å². The van der Waals surface area contributed by atoms with E-state index in [2.05, 4.69) is 15.1 Å². The fourth-order valence-corrected chi connectivity index (χ4v) is 2.87. The molecule has 0 aliphatic rings. The van der Waals surface area contributed by atoms with Crippen molar-refractivity contribution >= 4 is 16.9 Å². The number of aromatic nitrogens is 4. The SMILES string of the molecule is Cc1cc(C(=O)N(C)CCc2ccccn2)c2c(C)nn(C)c2n1. The molecule has 0 spiro atoms. The molecule has 0 aliphatic carbocycles. The number of carbonyl (C=O) groups is 1. The molecule has 0 N–H and O–H groups in total. The Labute approximate surface area is 141 Å². The van der Waals surface area contributed by atoms with Crippen molar-refractivity contribution in [3.8, 4) is 0 Å². The van der Waals surface area contributed by atoms with Crippen molar-refractivity contribution in [3.63, 3.8) is 0 Å². The van der Waals surface area contributed by atoms with Crippen LogP contribution in [0.4, 0.5) is 0 Å². The lowest BCUT2D eigenvalue weighted by Crippen LogP contribution is -2.29. The molecule has 6 heteroatoms. The fourth-order valence-electron chi connectivity index (χ4n) is 2.87. The van der Waals surface area contributed by atoms with Gasteiger partial charge >= 0.3 is 0 Å². The van der Waals surface area contributed by atoms with Crippen LogP contribution in [0, 0.1) is 13.8 Å². The second kappa shape index (κ2) is 6.39. The number of amides is 1. The Hall–Kier alpha value is -2.76. The van der Waals surface area contributed by atoms with E-state index >= 15 is 0 Å². The zero-order valence-corrected chi connectivity index (χ0v) is 14.4. The number of pyridine rings is 2. The molecule has 1 amide bonds. The smallest absolute Gasteiger partial charge is 0.254 e. The Kier molecular flexibility index (Phi) is 4.29. The summed E-state index contributed by atoms with van der Waals surface area (Å²) in [4.78, 5) is 23.5. The van der Waals surface area contributed by atoms with Gasteiger partial charge in [0, 0.05) is 44.6 Å². The zero-order valence-electron chi connectivity index (χ0n) is 14.4. The maximum absolute atomic E-state index is 12.9. The number of hydrogen-bond acceptors (Lipinski definition) is 4. The summed E-state index contributed by atoms with van der Waals surface area (Å²) in [5, 5.41) is 5.23. The fraction of sp³-hybridized carbons (Fsp3) is 0.333. The van der Waals surface area contributed by atoms with Crippen LogP contribution >= 0.6 is 0 Å². The molecule has 3 rings (SSSR count). The Balaban J connectivity index is 1.88. The van der Waals surface area contributed by atoms with Gasteiger partial charge in [-0.2, -0.15) is 5.10 Å². The van der Waals surface area contributed by atoms with E-state index in [1.54, 1.807) is 15.8 Å². The van der Waals surface area contributed by atoms with Crippen LogP contribution in [0.1, 0.15) is 27.4 Å². The molecule has 0 aliphatic heterocycles. The van der Waals surface area contributed by atoms with Crippen LogP contribution in [0.15, 0.2) is 30.5 Å². The predicted molar refractivity (Wildman–Crippen MR) is 92.9 cm³/mol. The quantitative estimate of drug-likeness (QED) is 0.739. The van der Waals surface area contributed by atoms with Crippen LogP contribution in [0.2, 0.25) is 0 Å². The molecule has 0 saturated carbocycles. The van der Waals surface area contributed by atoms with Gasteiger partial charge in [0.1, 0.15) is 0 Å². The second-order valence-electron chi connectivity index (χ2n) is 6.02. The summed E-state index contributed by atoms with van der Waals surface area (Å²) in [6.07, 6.45) is 2.49. The number of carbonyl (C=O) groups excluding carboxylic acids is 1. The molecule has 3 aromatic heterocycles. The third-order valence-electron chi connectivity index (χ3n) is 4.10. The number of aryl methyl sites for hydroxylation is 3. The largest absolute Gasteiger partial charge is 0.341 e. The van der Waals surface area contributed by atoms with E-state index in [0.29, 0.717) is 12.1 Å². The van der Waals surface area contributed by atoms with Gasteiger partial charge in [-0.15, -0.1) is 0 Å². The summed E-state index contributed by atoms with van der Waals surface area (Å²) in [7, 11) is 3.67. The van der Waals surface area contributed by atoms with Crippen LogP contribution in [0.3, 0.4) is 0 Å². The molecule has 3 heterocycles. The first-order chi connectivity index (χ1) is 11.5. The maximum Gasteiger partial charge on any atom is 0.254 e. The van der Waals surface area contributed by atoms with Gasteiger partial charge in [-0.05, 0) is 32.0 Å². The van der Waals surface area contributed by atoms with E-state index in [9.17, 15) is 4.79 Å². The van der Waals surface area contributed by atoms with Crippen LogP contribution in [0.25, 0.3) is 11.0 Å². The highest BCUT2D eigenvalue weighted by molar-refractivity contribution is 6.06. The third kappa shape index (κ3) is 2.99. The highest BCUT2D eigenvalue weighted by Crippen LogP contribution is 2.22. The number of fused-ring (bicyclic) bond motifs is 1. The molecule has 0 fully saturated rings. The minimum atomic E-state index is -0.0162. The molecule has 0 radical (unpaired) electrons. The summed E-state index contributed by atoms with van der Waals surface area (Å²) in [5.74, 6) is -0.0162. The van der Waals surface area contributed by atoms with Crippen molar-refractivity contribution in [2.45, 2.75) is 20.3 Å². The monoisotopic (exact) mass is 323 g/mol. The van der Waals surface area contributed by atoms with Crippen LogP contribution in [0.5, 0.6) is 0 Å². The molecule has 0 unspecified atom stereocenters. The Morgan fingerprint density at radius 2 is 2.08 bits per heavy atom. The summed E-state index contributed by atoms with van der Waals surface area (Å²) >= 11 is 0. The number of nitrogens with zero attached hydrogens (tertiary/aromatic N) is 5. The molecule has 6 nitrogen and oxygen atoms in total. The molecule has 0 saturated heterocycles. The van der Waals surface area contributed by atoms with Crippen molar-refractivity contribution in [1.29, 1.82) is 0 Å². The minimum Gasteiger partial charge on any atom is -0.341 e. The molecular formula is C18H21N5O. The van der Waals surface area contributed by atoms with E-state index in [1.807, 2.05) is 52.2 Å². The van der Waals surface area contributed by atoms with E-state index in [1.165, 1.54) is 0 Å². The predicted octanol–water partition coefficient (Wildman–Crippen LogP) is 2.29. The normalized spacial score (nSPS) is 11.0. The number of likely N-dealkylation sites (N-methyl/N-ethyl adjacent to an activating group) is 1. The summed E-state index contributed by atoms with van der Waals surface area (Å²) < 4.78 is 1.72. The molecular weight excluding hydrogens is 302 g/mol.